The van der Waals surface area contributed by atoms with Gasteiger partial charge in [0, 0.05) is 30.4 Å². The minimum absolute atomic E-state index is 0.177. The average molecular weight is 439 g/mol. The minimum Gasteiger partial charge on any atom is -0.444 e. The Kier molecular flexibility index (Phi) is 8.95. The SMILES string of the molecule is CC.CC(C)(C)OC(=O)NC(Cc1ccccc1)C(=O)Nc1cc(-c2ccncc2)no1. The second-order valence-electron chi connectivity index (χ2n) is 7.69. The van der Waals surface area contributed by atoms with E-state index < -0.39 is 23.6 Å². The second kappa shape index (κ2) is 11.6. The second-order valence-corrected chi connectivity index (χ2v) is 7.69. The van der Waals surface area contributed by atoms with E-state index in [0.717, 1.165) is 11.1 Å². The van der Waals surface area contributed by atoms with Gasteiger partial charge >= 0.3 is 6.09 Å². The van der Waals surface area contributed by atoms with Crippen molar-refractivity contribution in [3.05, 3.63) is 66.5 Å². The zero-order chi connectivity index (χ0) is 23.6. The lowest BCUT2D eigenvalue weighted by atomic mass is 10.1. The third kappa shape index (κ3) is 7.86. The van der Waals surface area contributed by atoms with Gasteiger partial charge in [-0.1, -0.05) is 49.3 Å². The molecule has 1 atom stereocenters. The molecule has 0 aliphatic heterocycles. The van der Waals surface area contributed by atoms with Crippen molar-refractivity contribution in [2.24, 2.45) is 0 Å². The quantitative estimate of drug-likeness (QED) is 0.570. The zero-order valence-electron chi connectivity index (χ0n) is 19.1. The van der Waals surface area contributed by atoms with E-state index in [1.54, 1.807) is 51.4 Å². The van der Waals surface area contributed by atoms with E-state index in [1.165, 1.54) is 0 Å². The lowest BCUT2D eigenvalue weighted by Crippen LogP contribution is -2.47. The molecule has 2 N–H and O–H groups in total. The van der Waals surface area contributed by atoms with Crippen molar-refractivity contribution in [1.29, 1.82) is 0 Å². The van der Waals surface area contributed by atoms with Gasteiger partial charge in [-0.15, -0.1) is 0 Å². The van der Waals surface area contributed by atoms with Crippen LogP contribution in [0.5, 0.6) is 0 Å². The third-order valence-electron chi connectivity index (χ3n) is 4.02. The first-order chi connectivity index (χ1) is 15.3. The molecule has 3 aromatic rings. The average Bonchev–Trinajstić information content (AvgIpc) is 3.23. The highest BCUT2D eigenvalue weighted by atomic mass is 16.6. The van der Waals surface area contributed by atoms with Crippen LogP contribution in [-0.4, -0.2) is 33.8 Å². The number of amides is 2. The Morgan fingerprint density at radius 3 is 2.34 bits per heavy atom. The maximum absolute atomic E-state index is 12.9. The van der Waals surface area contributed by atoms with E-state index in [1.807, 2.05) is 44.2 Å². The van der Waals surface area contributed by atoms with Gasteiger partial charge in [-0.25, -0.2) is 4.79 Å². The van der Waals surface area contributed by atoms with Gasteiger partial charge in [0.15, 0.2) is 0 Å². The van der Waals surface area contributed by atoms with Crippen molar-refractivity contribution in [3.63, 3.8) is 0 Å². The normalized spacial score (nSPS) is 11.5. The summed E-state index contributed by atoms with van der Waals surface area (Å²) in [4.78, 5) is 29.1. The molecule has 0 aliphatic carbocycles. The van der Waals surface area contributed by atoms with Gasteiger partial charge < -0.3 is 14.6 Å². The number of nitrogens with one attached hydrogen (secondary N) is 2. The molecular weight excluding hydrogens is 408 g/mol. The Labute approximate surface area is 188 Å². The van der Waals surface area contributed by atoms with Crippen LogP contribution in [0.1, 0.15) is 40.2 Å². The molecule has 0 fully saturated rings. The molecule has 0 saturated carbocycles. The number of aromatic nitrogens is 2. The van der Waals surface area contributed by atoms with Crippen molar-refractivity contribution in [3.8, 4) is 11.3 Å². The molecule has 2 heterocycles. The van der Waals surface area contributed by atoms with Crippen molar-refractivity contribution in [2.75, 3.05) is 5.32 Å². The summed E-state index contributed by atoms with van der Waals surface area (Å²) in [5, 5.41) is 9.27. The van der Waals surface area contributed by atoms with Crippen molar-refractivity contribution in [2.45, 2.75) is 52.7 Å². The molecule has 8 nitrogen and oxygen atoms in total. The molecule has 0 saturated heterocycles. The molecule has 8 heteroatoms. The summed E-state index contributed by atoms with van der Waals surface area (Å²) >= 11 is 0. The van der Waals surface area contributed by atoms with Gasteiger partial charge in [0.2, 0.25) is 11.8 Å². The topological polar surface area (TPSA) is 106 Å². The molecular formula is C24H30N4O4. The van der Waals surface area contributed by atoms with E-state index in [2.05, 4.69) is 20.8 Å². The van der Waals surface area contributed by atoms with E-state index in [-0.39, 0.29) is 12.3 Å². The Hall–Kier alpha value is -3.68. The molecule has 32 heavy (non-hydrogen) atoms. The van der Waals surface area contributed by atoms with Crippen LogP contribution < -0.4 is 10.6 Å². The van der Waals surface area contributed by atoms with Crippen LogP contribution in [0.2, 0.25) is 0 Å². The van der Waals surface area contributed by atoms with Crippen LogP contribution in [0.4, 0.5) is 10.7 Å². The number of carbonyl (C=O) groups is 2. The summed E-state index contributed by atoms with van der Waals surface area (Å²) in [6.07, 6.45) is 2.90. The van der Waals surface area contributed by atoms with Gasteiger partial charge in [0.05, 0.1) is 0 Å². The van der Waals surface area contributed by atoms with E-state index >= 15 is 0 Å². The summed E-state index contributed by atoms with van der Waals surface area (Å²) in [5.74, 6) is -0.266. The summed E-state index contributed by atoms with van der Waals surface area (Å²) in [7, 11) is 0. The Balaban J connectivity index is 0.00000176. The van der Waals surface area contributed by atoms with Gasteiger partial charge in [-0.05, 0) is 38.5 Å². The number of benzene rings is 1. The highest BCUT2D eigenvalue weighted by Gasteiger charge is 2.25. The van der Waals surface area contributed by atoms with Crippen LogP contribution in [0.25, 0.3) is 11.3 Å². The van der Waals surface area contributed by atoms with Crippen molar-refractivity contribution in [1.82, 2.24) is 15.5 Å². The molecule has 1 unspecified atom stereocenters. The molecule has 0 spiro atoms. The third-order valence-corrected chi connectivity index (χ3v) is 4.02. The number of rotatable bonds is 6. The number of hydrogen-bond acceptors (Lipinski definition) is 6. The van der Waals surface area contributed by atoms with Gasteiger partial charge in [-0.3, -0.25) is 15.1 Å². The molecule has 2 aromatic heterocycles. The van der Waals surface area contributed by atoms with Crippen molar-refractivity contribution >= 4 is 17.9 Å². The number of pyridine rings is 1. The first-order valence-electron chi connectivity index (χ1n) is 10.5. The Morgan fingerprint density at radius 1 is 1.06 bits per heavy atom. The number of hydrogen-bond donors (Lipinski definition) is 2. The van der Waals surface area contributed by atoms with Gasteiger partial charge in [0.25, 0.3) is 0 Å². The fraction of sp³-hybridized carbons (Fsp3) is 0.333. The highest BCUT2D eigenvalue weighted by molar-refractivity contribution is 5.96. The van der Waals surface area contributed by atoms with Crippen molar-refractivity contribution < 1.29 is 18.8 Å². The monoisotopic (exact) mass is 438 g/mol. The maximum atomic E-state index is 12.9. The van der Waals surface area contributed by atoms with E-state index in [0.29, 0.717) is 5.69 Å². The van der Waals surface area contributed by atoms with E-state index in [4.69, 9.17) is 9.26 Å². The van der Waals surface area contributed by atoms with E-state index in [9.17, 15) is 9.59 Å². The molecule has 0 radical (unpaired) electrons. The first-order valence-corrected chi connectivity index (χ1v) is 10.5. The van der Waals surface area contributed by atoms with Crippen LogP contribution >= 0.6 is 0 Å². The van der Waals surface area contributed by atoms with Crippen LogP contribution in [0.3, 0.4) is 0 Å². The maximum Gasteiger partial charge on any atom is 0.408 e. The fourth-order valence-electron chi connectivity index (χ4n) is 2.71. The lowest BCUT2D eigenvalue weighted by molar-refractivity contribution is -0.118. The first kappa shape index (κ1) is 24.6. The minimum atomic E-state index is -0.864. The van der Waals surface area contributed by atoms with Crippen LogP contribution in [0.15, 0.2) is 65.4 Å². The lowest BCUT2D eigenvalue weighted by Gasteiger charge is -2.23. The molecule has 3 rings (SSSR count). The highest BCUT2D eigenvalue weighted by Crippen LogP contribution is 2.21. The standard InChI is InChI=1S/C22H24N4O4.C2H6/c1-22(2,3)29-21(28)24-18(13-15-7-5-4-6-8-15)20(27)25-19-14-17(26-30-19)16-9-11-23-12-10-16;1-2/h4-12,14,18H,13H2,1-3H3,(H,24,28)(H,25,27);1-2H3. The predicted molar refractivity (Wildman–Crippen MR) is 123 cm³/mol. The summed E-state index contributed by atoms with van der Waals surface area (Å²) in [6.45, 7) is 9.27. The Morgan fingerprint density at radius 2 is 1.72 bits per heavy atom. The number of alkyl carbamates (subject to hydrolysis) is 1. The molecule has 1 aromatic carbocycles. The van der Waals surface area contributed by atoms with Gasteiger partial charge in [0.1, 0.15) is 17.3 Å². The number of carbonyl (C=O) groups excluding carboxylic acids is 2. The number of nitrogens with zero attached hydrogens (tertiary/aromatic N) is 2. The molecule has 0 bridgehead atoms. The van der Waals surface area contributed by atoms with Crippen LogP contribution in [0, 0.1) is 0 Å². The smallest absolute Gasteiger partial charge is 0.408 e. The molecule has 2 amide bonds. The Bertz CT molecular complexity index is 982. The van der Waals surface area contributed by atoms with Gasteiger partial charge in [-0.2, -0.15) is 0 Å². The summed E-state index contributed by atoms with van der Waals surface area (Å²) in [6, 6.07) is 13.7. The molecule has 170 valence electrons. The van der Waals surface area contributed by atoms with Crippen LogP contribution in [-0.2, 0) is 16.0 Å². The number of anilines is 1. The number of ether oxygens (including phenoxy) is 1. The summed E-state index contributed by atoms with van der Waals surface area (Å²) < 4.78 is 10.5. The molecule has 0 aliphatic rings. The predicted octanol–water partition coefficient (Wildman–Crippen LogP) is 4.84. The fourth-order valence-corrected chi connectivity index (χ4v) is 2.71. The largest absolute Gasteiger partial charge is 0.444 e. The zero-order valence-corrected chi connectivity index (χ0v) is 19.1. The summed E-state index contributed by atoms with van der Waals surface area (Å²) in [5.41, 5.74) is 1.58.